The van der Waals surface area contributed by atoms with E-state index in [9.17, 15) is 13.2 Å². The molecule has 1 aromatic heterocycles. The maximum atomic E-state index is 13.1. The Labute approximate surface area is 185 Å². The van der Waals surface area contributed by atoms with Crippen LogP contribution in [0, 0.1) is 6.92 Å². The van der Waals surface area contributed by atoms with E-state index in [-0.39, 0.29) is 11.3 Å². The molecular weight excluding hydrogens is 430 g/mol. The molecule has 1 unspecified atom stereocenters. The molecule has 0 radical (unpaired) electrons. The van der Waals surface area contributed by atoms with Gasteiger partial charge in [-0.1, -0.05) is 60.7 Å². The van der Waals surface area contributed by atoms with Gasteiger partial charge in [0.05, 0.1) is 10.6 Å². The molecule has 6 nitrogen and oxygen atoms in total. The van der Waals surface area contributed by atoms with Crippen molar-refractivity contribution in [2.45, 2.75) is 24.3 Å². The van der Waals surface area contributed by atoms with Crippen molar-refractivity contribution in [3.8, 4) is 0 Å². The molecule has 3 aromatic carbocycles. The van der Waals surface area contributed by atoms with Crippen LogP contribution in [0.5, 0.6) is 0 Å². The molecule has 0 bridgehead atoms. The third-order valence-electron chi connectivity index (χ3n) is 4.78. The number of hydrogen-bond donors (Lipinski definition) is 2. The number of aryl methyl sites for hydroxylation is 1. The smallest absolute Gasteiger partial charge is 0.244 e. The second kappa shape index (κ2) is 8.97. The summed E-state index contributed by atoms with van der Waals surface area (Å²) in [7, 11) is -3.93. The van der Waals surface area contributed by atoms with Crippen molar-refractivity contribution in [3.63, 3.8) is 0 Å². The lowest BCUT2D eigenvalue weighted by Crippen LogP contribution is -2.45. The fourth-order valence-corrected chi connectivity index (χ4v) is 5.15. The molecule has 0 aliphatic heterocycles. The maximum absolute atomic E-state index is 13.1. The molecule has 0 aliphatic carbocycles. The lowest BCUT2D eigenvalue weighted by Gasteiger charge is -2.18. The molecule has 4 aromatic rings. The van der Waals surface area contributed by atoms with E-state index in [1.807, 2.05) is 66.9 Å². The van der Waals surface area contributed by atoms with Crippen LogP contribution in [0.2, 0.25) is 0 Å². The first kappa shape index (κ1) is 21.2. The number of nitrogens with zero attached hydrogens (tertiary/aromatic N) is 1. The average Bonchev–Trinajstić information content (AvgIpc) is 3.18. The van der Waals surface area contributed by atoms with Crippen LogP contribution in [-0.4, -0.2) is 25.4 Å². The van der Waals surface area contributed by atoms with Crippen molar-refractivity contribution >= 4 is 43.2 Å². The van der Waals surface area contributed by atoms with E-state index in [0.29, 0.717) is 5.13 Å². The van der Waals surface area contributed by atoms with Gasteiger partial charge in [-0.2, -0.15) is 4.72 Å². The van der Waals surface area contributed by atoms with Gasteiger partial charge in [-0.05, 0) is 41.8 Å². The van der Waals surface area contributed by atoms with E-state index in [0.717, 1.165) is 22.0 Å². The number of aromatic nitrogens is 1. The summed E-state index contributed by atoms with van der Waals surface area (Å²) < 4.78 is 28.9. The molecule has 0 saturated carbocycles. The molecule has 31 heavy (non-hydrogen) atoms. The van der Waals surface area contributed by atoms with Gasteiger partial charge in [-0.15, -0.1) is 11.3 Å². The Morgan fingerprint density at radius 1 is 1.00 bits per heavy atom. The van der Waals surface area contributed by atoms with Crippen molar-refractivity contribution in [2.75, 3.05) is 5.32 Å². The van der Waals surface area contributed by atoms with E-state index in [4.69, 9.17) is 0 Å². The highest BCUT2D eigenvalue weighted by Gasteiger charge is 2.27. The van der Waals surface area contributed by atoms with Gasteiger partial charge in [0, 0.05) is 5.38 Å². The highest BCUT2D eigenvalue weighted by Crippen LogP contribution is 2.20. The molecule has 0 spiro atoms. The number of hydrogen-bond acceptors (Lipinski definition) is 5. The van der Waals surface area contributed by atoms with E-state index in [1.165, 1.54) is 11.3 Å². The quantitative estimate of drug-likeness (QED) is 0.442. The van der Waals surface area contributed by atoms with E-state index in [2.05, 4.69) is 15.0 Å². The fourth-order valence-electron chi connectivity index (χ4n) is 3.23. The number of fused-ring (bicyclic) bond motifs is 1. The van der Waals surface area contributed by atoms with Gasteiger partial charge in [-0.3, -0.25) is 4.79 Å². The lowest BCUT2D eigenvalue weighted by molar-refractivity contribution is -0.117. The van der Waals surface area contributed by atoms with Crippen molar-refractivity contribution < 1.29 is 13.2 Å². The van der Waals surface area contributed by atoms with Crippen molar-refractivity contribution in [3.05, 3.63) is 89.4 Å². The van der Waals surface area contributed by atoms with Crippen LogP contribution in [-0.2, 0) is 21.2 Å². The normalized spacial score (nSPS) is 12.5. The Hall–Kier alpha value is -3.07. The summed E-state index contributed by atoms with van der Waals surface area (Å²) in [4.78, 5) is 17.3. The first-order valence-corrected chi connectivity index (χ1v) is 12.0. The second-order valence-electron chi connectivity index (χ2n) is 7.16. The van der Waals surface area contributed by atoms with Crippen molar-refractivity contribution in [1.82, 2.24) is 9.71 Å². The molecule has 8 heteroatoms. The Morgan fingerprint density at radius 2 is 1.71 bits per heavy atom. The Bertz CT molecular complexity index is 1320. The molecule has 4 rings (SSSR count). The zero-order chi connectivity index (χ0) is 21.8. The standard InChI is InChI=1S/C23H21N3O3S2/c1-16-15-30-23(24-16)25-22(27)21(13-17-7-3-2-4-8-17)26-31(28,29)20-12-11-18-9-5-6-10-19(18)14-20/h2-12,14-15,21,26H,13H2,1H3,(H,24,25,27). The summed E-state index contributed by atoms with van der Waals surface area (Å²) in [6.07, 6.45) is 0.212. The van der Waals surface area contributed by atoms with Crippen LogP contribution in [0.4, 0.5) is 5.13 Å². The third-order valence-corrected chi connectivity index (χ3v) is 7.12. The minimum absolute atomic E-state index is 0.113. The molecular formula is C23H21N3O3S2. The van der Waals surface area contributed by atoms with Gasteiger partial charge in [0.15, 0.2) is 5.13 Å². The summed E-state index contributed by atoms with van der Waals surface area (Å²) >= 11 is 1.30. The first-order valence-electron chi connectivity index (χ1n) is 9.69. The van der Waals surface area contributed by atoms with E-state index in [1.54, 1.807) is 18.2 Å². The zero-order valence-corrected chi connectivity index (χ0v) is 18.4. The predicted octanol–water partition coefficient (Wildman–Crippen LogP) is 4.13. The number of carbonyl (C=O) groups excluding carboxylic acids is 1. The molecule has 1 heterocycles. The van der Waals surface area contributed by atoms with Gasteiger partial charge in [0.2, 0.25) is 15.9 Å². The van der Waals surface area contributed by atoms with Gasteiger partial charge < -0.3 is 5.32 Å². The molecule has 0 aliphatic rings. The molecule has 2 N–H and O–H groups in total. The minimum Gasteiger partial charge on any atom is -0.301 e. The zero-order valence-electron chi connectivity index (χ0n) is 16.8. The third kappa shape index (κ3) is 5.16. The van der Waals surface area contributed by atoms with Crippen LogP contribution < -0.4 is 10.0 Å². The summed E-state index contributed by atoms with van der Waals surface area (Å²) in [5, 5.41) is 6.74. The van der Waals surface area contributed by atoms with Crippen LogP contribution in [0.25, 0.3) is 10.8 Å². The monoisotopic (exact) mass is 451 g/mol. The van der Waals surface area contributed by atoms with Crippen molar-refractivity contribution in [1.29, 1.82) is 0 Å². The maximum Gasteiger partial charge on any atom is 0.244 e. The van der Waals surface area contributed by atoms with E-state index >= 15 is 0 Å². The Morgan fingerprint density at radius 3 is 2.42 bits per heavy atom. The van der Waals surface area contributed by atoms with Crippen LogP contribution in [0.1, 0.15) is 11.3 Å². The van der Waals surface area contributed by atoms with Gasteiger partial charge in [0.1, 0.15) is 6.04 Å². The van der Waals surface area contributed by atoms with Gasteiger partial charge >= 0.3 is 0 Å². The van der Waals surface area contributed by atoms with E-state index < -0.39 is 22.0 Å². The number of benzene rings is 3. The Kier molecular flexibility index (Phi) is 6.13. The fraction of sp³-hybridized carbons (Fsp3) is 0.130. The second-order valence-corrected chi connectivity index (χ2v) is 9.73. The number of sulfonamides is 1. The Balaban J connectivity index is 1.62. The molecule has 0 saturated heterocycles. The molecule has 1 amide bonds. The first-order chi connectivity index (χ1) is 14.9. The van der Waals surface area contributed by atoms with Crippen LogP contribution >= 0.6 is 11.3 Å². The number of amides is 1. The van der Waals surface area contributed by atoms with Gasteiger partial charge in [0.25, 0.3) is 0 Å². The molecule has 158 valence electrons. The SMILES string of the molecule is Cc1csc(NC(=O)C(Cc2ccccc2)NS(=O)(=O)c2ccc3ccccc3c2)n1. The number of carbonyl (C=O) groups is 1. The van der Waals surface area contributed by atoms with Crippen LogP contribution in [0.3, 0.4) is 0 Å². The van der Waals surface area contributed by atoms with Crippen LogP contribution in [0.15, 0.2) is 83.1 Å². The molecule has 1 atom stereocenters. The minimum atomic E-state index is -3.93. The highest BCUT2D eigenvalue weighted by atomic mass is 32.2. The number of rotatable bonds is 7. The summed E-state index contributed by atoms with van der Waals surface area (Å²) in [6, 6.07) is 20.7. The van der Waals surface area contributed by atoms with Gasteiger partial charge in [-0.25, -0.2) is 13.4 Å². The summed E-state index contributed by atoms with van der Waals surface area (Å²) in [5.74, 6) is -0.456. The number of anilines is 1. The predicted molar refractivity (Wildman–Crippen MR) is 124 cm³/mol. The summed E-state index contributed by atoms with van der Waals surface area (Å²) in [5.41, 5.74) is 1.64. The number of thiazole rings is 1. The largest absolute Gasteiger partial charge is 0.301 e. The van der Waals surface area contributed by atoms with Crippen molar-refractivity contribution in [2.24, 2.45) is 0 Å². The summed E-state index contributed by atoms with van der Waals surface area (Å²) in [6.45, 7) is 1.83. The number of nitrogens with one attached hydrogen (secondary N) is 2. The highest BCUT2D eigenvalue weighted by molar-refractivity contribution is 7.89. The average molecular weight is 452 g/mol. The lowest BCUT2D eigenvalue weighted by atomic mass is 10.1. The molecule has 0 fully saturated rings. The topological polar surface area (TPSA) is 88.2 Å².